The predicted molar refractivity (Wildman–Crippen MR) is 107 cm³/mol. The zero-order chi connectivity index (χ0) is 19.9. The molecule has 0 bridgehead atoms. The lowest BCUT2D eigenvalue weighted by Gasteiger charge is -2.29. The molecule has 2 unspecified atom stereocenters. The molecule has 1 fully saturated rings. The molecule has 6 heteroatoms. The van der Waals surface area contributed by atoms with E-state index in [-0.39, 0.29) is 12.5 Å². The number of amides is 3. The Balaban J connectivity index is 1.45. The van der Waals surface area contributed by atoms with Crippen LogP contribution in [-0.2, 0) is 20.7 Å². The number of esters is 1. The molecule has 1 saturated carbocycles. The standard InChI is InChI=1S/C22H26N2O4/c1-15-7-2-5-12-19(15)23-22(27)24-20(25)14-28-21(26)13-17-10-6-9-16-8-3-4-11-18(16)17/h3-4,6,8-11,15,19H,2,5,7,12-14H2,1H3,(H2,23,24,25,27). The van der Waals surface area contributed by atoms with E-state index in [1.54, 1.807) is 0 Å². The Hall–Kier alpha value is -2.89. The monoisotopic (exact) mass is 382 g/mol. The van der Waals surface area contributed by atoms with Gasteiger partial charge in [0.2, 0.25) is 0 Å². The zero-order valence-corrected chi connectivity index (χ0v) is 16.1. The highest BCUT2D eigenvalue weighted by Gasteiger charge is 2.23. The number of hydrogen-bond acceptors (Lipinski definition) is 4. The summed E-state index contributed by atoms with van der Waals surface area (Å²) in [5.74, 6) is -0.742. The maximum atomic E-state index is 12.1. The van der Waals surface area contributed by atoms with Crippen molar-refractivity contribution in [1.82, 2.24) is 10.6 Å². The van der Waals surface area contributed by atoms with Crippen molar-refractivity contribution in [3.05, 3.63) is 48.0 Å². The summed E-state index contributed by atoms with van der Waals surface area (Å²) in [6.45, 7) is 1.62. The number of nitrogens with one attached hydrogen (secondary N) is 2. The van der Waals surface area contributed by atoms with Crippen LogP contribution in [0, 0.1) is 5.92 Å². The first kappa shape index (κ1) is 19.9. The molecule has 2 atom stereocenters. The van der Waals surface area contributed by atoms with Gasteiger partial charge in [-0.1, -0.05) is 62.2 Å². The lowest BCUT2D eigenvalue weighted by atomic mass is 9.86. The topological polar surface area (TPSA) is 84.5 Å². The Kier molecular flexibility index (Phi) is 6.63. The highest BCUT2D eigenvalue weighted by Crippen LogP contribution is 2.23. The minimum Gasteiger partial charge on any atom is -0.455 e. The van der Waals surface area contributed by atoms with Gasteiger partial charge in [0, 0.05) is 6.04 Å². The maximum absolute atomic E-state index is 12.1. The number of carbonyl (C=O) groups excluding carboxylic acids is 3. The van der Waals surface area contributed by atoms with Crippen molar-refractivity contribution in [2.45, 2.75) is 45.1 Å². The quantitative estimate of drug-likeness (QED) is 0.777. The van der Waals surface area contributed by atoms with E-state index in [4.69, 9.17) is 4.74 Å². The Morgan fingerprint density at radius 3 is 2.61 bits per heavy atom. The molecule has 2 aromatic carbocycles. The van der Waals surface area contributed by atoms with Crippen molar-refractivity contribution >= 4 is 28.7 Å². The smallest absolute Gasteiger partial charge is 0.321 e. The molecule has 0 saturated heterocycles. The van der Waals surface area contributed by atoms with E-state index >= 15 is 0 Å². The third kappa shape index (κ3) is 5.31. The van der Waals surface area contributed by atoms with Crippen LogP contribution in [0.4, 0.5) is 4.79 Å². The van der Waals surface area contributed by atoms with E-state index in [0.29, 0.717) is 5.92 Å². The first-order chi connectivity index (χ1) is 13.5. The molecule has 2 N–H and O–H groups in total. The molecule has 3 rings (SSSR count). The Morgan fingerprint density at radius 1 is 1.04 bits per heavy atom. The highest BCUT2D eigenvalue weighted by atomic mass is 16.5. The third-order valence-corrected chi connectivity index (χ3v) is 5.26. The summed E-state index contributed by atoms with van der Waals surface area (Å²) in [5, 5.41) is 7.09. The van der Waals surface area contributed by atoms with Crippen LogP contribution in [0.5, 0.6) is 0 Å². The molecule has 0 aromatic heterocycles. The van der Waals surface area contributed by atoms with Gasteiger partial charge in [0.1, 0.15) is 0 Å². The second kappa shape index (κ2) is 9.35. The van der Waals surface area contributed by atoms with Gasteiger partial charge in [-0.25, -0.2) is 4.79 Å². The molecular formula is C22H26N2O4. The number of ether oxygens (including phenoxy) is 1. The van der Waals surface area contributed by atoms with Gasteiger partial charge in [0.15, 0.2) is 6.61 Å². The van der Waals surface area contributed by atoms with Gasteiger partial charge in [0.25, 0.3) is 5.91 Å². The molecule has 28 heavy (non-hydrogen) atoms. The van der Waals surface area contributed by atoms with Crippen LogP contribution in [0.25, 0.3) is 10.8 Å². The summed E-state index contributed by atoms with van der Waals surface area (Å²) in [7, 11) is 0. The van der Waals surface area contributed by atoms with Crippen molar-refractivity contribution in [2.75, 3.05) is 6.61 Å². The van der Waals surface area contributed by atoms with Crippen LogP contribution in [0.2, 0.25) is 0 Å². The number of urea groups is 1. The molecule has 1 aliphatic rings. The molecule has 0 aliphatic heterocycles. The lowest BCUT2D eigenvalue weighted by molar-refractivity contribution is -0.147. The summed E-state index contributed by atoms with van der Waals surface area (Å²) in [6.07, 6.45) is 4.31. The summed E-state index contributed by atoms with van der Waals surface area (Å²) in [6, 6.07) is 13.0. The number of rotatable bonds is 5. The molecule has 0 heterocycles. The largest absolute Gasteiger partial charge is 0.455 e. The molecule has 0 spiro atoms. The second-order valence-corrected chi connectivity index (χ2v) is 7.37. The molecule has 3 amide bonds. The van der Waals surface area contributed by atoms with Crippen molar-refractivity contribution in [1.29, 1.82) is 0 Å². The number of fused-ring (bicyclic) bond motifs is 1. The van der Waals surface area contributed by atoms with Gasteiger partial charge < -0.3 is 10.1 Å². The number of imide groups is 1. The van der Waals surface area contributed by atoms with Crippen molar-refractivity contribution < 1.29 is 19.1 Å². The summed E-state index contributed by atoms with van der Waals surface area (Å²) >= 11 is 0. The minimum absolute atomic E-state index is 0.0699. The van der Waals surface area contributed by atoms with E-state index in [9.17, 15) is 14.4 Å². The van der Waals surface area contributed by atoms with Gasteiger partial charge in [-0.3, -0.25) is 14.9 Å². The van der Waals surface area contributed by atoms with Crippen molar-refractivity contribution in [3.63, 3.8) is 0 Å². The van der Waals surface area contributed by atoms with E-state index in [0.717, 1.165) is 35.6 Å². The average molecular weight is 382 g/mol. The van der Waals surface area contributed by atoms with Gasteiger partial charge in [-0.15, -0.1) is 0 Å². The van der Waals surface area contributed by atoms with Crippen LogP contribution in [0.15, 0.2) is 42.5 Å². The fourth-order valence-electron chi connectivity index (χ4n) is 3.70. The van der Waals surface area contributed by atoms with Crippen molar-refractivity contribution in [3.8, 4) is 0 Å². The second-order valence-electron chi connectivity index (χ2n) is 7.37. The summed E-state index contributed by atoms with van der Waals surface area (Å²) in [5.41, 5.74) is 0.840. The van der Waals surface area contributed by atoms with E-state index in [2.05, 4.69) is 17.6 Å². The third-order valence-electron chi connectivity index (χ3n) is 5.26. The normalized spacial score (nSPS) is 19.0. The Bertz CT molecular complexity index is 859. The summed E-state index contributed by atoms with van der Waals surface area (Å²) < 4.78 is 5.04. The van der Waals surface area contributed by atoms with Gasteiger partial charge >= 0.3 is 12.0 Å². The predicted octanol–water partition coefficient (Wildman–Crippen LogP) is 3.33. The fraction of sp³-hybridized carbons (Fsp3) is 0.409. The number of carbonyl (C=O) groups is 3. The van der Waals surface area contributed by atoms with Crippen LogP contribution < -0.4 is 10.6 Å². The first-order valence-corrected chi connectivity index (χ1v) is 9.75. The Labute approximate surface area is 164 Å². The van der Waals surface area contributed by atoms with Crippen LogP contribution in [-0.4, -0.2) is 30.6 Å². The molecule has 1 aliphatic carbocycles. The van der Waals surface area contributed by atoms with Crippen LogP contribution in [0.3, 0.4) is 0 Å². The van der Waals surface area contributed by atoms with E-state index in [1.807, 2.05) is 42.5 Å². The van der Waals surface area contributed by atoms with Crippen LogP contribution in [0.1, 0.15) is 38.2 Å². The molecule has 2 aromatic rings. The van der Waals surface area contributed by atoms with Gasteiger partial charge in [-0.05, 0) is 35.1 Å². The number of hydrogen-bond donors (Lipinski definition) is 2. The highest BCUT2D eigenvalue weighted by molar-refractivity contribution is 5.96. The minimum atomic E-state index is -0.632. The van der Waals surface area contributed by atoms with Crippen molar-refractivity contribution in [2.24, 2.45) is 5.92 Å². The molecule has 0 radical (unpaired) electrons. The molecule has 6 nitrogen and oxygen atoms in total. The SMILES string of the molecule is CC1CCCCC1NC(=O)NC(=O)COC(=O)Cc1cccc2ccccc12. The first-order valence-electron chi connectivity index (χ1n) is 9.75. The van der Waals surface area contributed by atoms with E-state index in [1.165, 1.54) is 6.42 Å². The average Bonchev–Trinajstić information content (AvgIpc) is 2.68. The van der Waals surface area contributed by atoms with Crippen LogP contribution >= 0.6 is 0 Å². The molecular weight excluding hydrogens is 356 g/mol. The molecule has 148 valence electrons. The number of benzene rings is 2. The zero-order valence-electron chi connectivity index (χ0n) is 16.1. The maximum Gasteiger partial charge on any atom is 0.321 e. The lowest BCUT2D eigenvalue weighted by Crippen LogP contribution is -2.48. The van der Waals surface area contributed by atoms with Gasteiger partial charge in [-0.2, -0.15) is 0 Å². The Morgan fingerprint density at radius 2 is 1.79 bits per heavy atom. The summed E-state index contributed by atoms with van der Waals surface area (Å²) in [4.78, 5) is 36.0. The van der Waals surface area contributed by atoms with E-state index < -0.39 is 24.5 Å². The fourth-order valence-corrected chi connectivity index (χ4v) is 3.70. The van der Waals surface area contributed by atoms with Gasteiger partial charge in [0.05, 0.1) is 6.42 Å².